The average Bonchev–Trinajstić information content (AvgIpc) is 2.05. The second-order valence-corrected chi connectivity index (χ2v) is 2.41. The molecule has 0 spiro atoms. The molecule has 1 heterocycles. The zero-order valence-electron chi connectivity index (χ0n) is 6.90. The maximum atomic E-state index is 5.50. The van der Waals surface area contributed by atoms with Gasteiger partial charge < -0.3 is 5.73 Å². The van der Waals surface area contributed by atoms with Crippen molar-refractivity contribution < 1.29 is 0 Å². The zero-order valence-corrected chi connectivity index (χ0v) is 6.90. The highest BCUT2D eigenvalue weighted by molar-refractivity contribution is 5.47. The van der Waals surface area contributed by atoms with E-state index in [9.17, 15) is 0 Å². The van der Waals surface area contributed by atoms with Gasteiger partial charge in [0.2, 0.25) is 0 Å². The van der Waals surface area contributed by atoms with Crippen LogP contribution in [0.15, 0.2) is 36.9 Å². The van der Waals surface area contributed by atoms with Crippen LogP contribution in [0.4, 0.5) is 5.82 Å². The highest BCUT2D eigenvalue weighted by Crippen LogP contribution is 2.02. The van der Waals surface area contributed by atoms with Crippen molar-refractivity contribution in [1.82, 2.24) is 4.98 Å². The lowest BCUT2D eigenvalue weighted by Gasteiger charge is -1.93. The van der Waals surface area contributed by atoms with Crippen molar-refractivity contribution in [1.29, 1.82) is 0 Å². The molecule has 62 valence electrons. The minimum atomic E-state index is 0.552. The number of nitrogens with two attached hydrogens (primary N) is 1. The molecule has 12 heavy (non-hydrogen) atoms. The Balaban J connectivity index is 2.69. The van der Waals surface area contributed by atoms with Gasteiger partial charge in [-0.15, -0.1) is 6.58 Å². The fourth-order valence-electron chi connectivity index (χ4n) is 0.847. The minimum absolute atomic E-state index is 0.552. The van der Waals surface area contributed by atoms with Crippen LogP contribution >= 0.6 is 0 Å². The van der Waals surface area contributed by atoms with Gasteiger partial charge in [0.1, 0.15) is 5.82 Å². The van der Waals surface area contributed by atoms with Crippen molar-refractivity contribution >= 4 is 11.9 Å². The summed E-state index contributed by atoms with van der Waals surface area (Å²) in [7, 11) is 0. The number of nitrogens with zero attached hydrogens (tertiary/aromatic N) is 1. The number of hydrogen-bond donors (Lipinski definition) is 1. The Morgan fingerprint density at radius 3 is 3.00 bits per heavy atom. The van der Waals surface area contributed by atoms with Crippen molar-refractivity contribution in [3.05, 3.63) is 42.6 Å². The Hall–Kier alpha value is -1.57. The van der Waals surface area contributed by atoms with Gasteiger partial charge in [-0.05, 0) is 24.6 Å². The second-order valence-electron chi connectivity index (χ2n) is 2.41. The smallest absolute Gasteiger partial charge is 0.124 e. The van der Waals surface area contributed by atoms with Crippen molar-refractivity contribution in [2.24, 2.45) is 0 Å². The van der Waals surface area contributed by atoms with Crippen molar-refractivity contribution in [2.75, 3.05) is 5.73 Å². The molecule has 1 aromatic heterocycles. The predicted molar refractivity (Wildman–Crippen MR) is 52.5 cm³/mol. The highest BCUT2D eigenvalue weighted by Gasteiger charge is 1.87. The molecule has 1 aromatic rings. The van der Waals surface area contributed by atoms with Crippen LogP contribution in [0.5, 0.6) is 0 Å². The third-order valence-electron chi connectivity index (χ3n) is 1.38. The lowest BCUT2D eigenvalue weighted by atomic mass is 10.3. The number of aromatic nitrogens is 1. The molecule has 0 aliphatic rings. The molecule has 0 saturated heterocycles. The third kappa shape index (κ3) is 2.58. The van der Waals surface area contributed by atoms with E-state index in [1.165, 1.54) is 0 Å². The van der Waals surface area contributed by atoms with E-state index < -0.39 is 0 Å². The lowest BCUT2D eigenvalue weighted by molar-refractivity contribution is 1.30. The number of rotatable bonds is 3. The maximum absolute atomic E-state index is 5.50. The lowest BCUT2D eigenvalue weighted by Crippen LogP contribution is -1.89. The molecule has 0 aromatic carbocycles. The van der Waals surface area contributed by atoms with E-state index in [1.807, 2.05) is 30.4 Å². The summed E-state index contributed by atoms with van der Waals surface area (Å²) in [5.41, 5.74) is 6.38. The van der Waals surface area contributed by atoms with Crippen molar-refractivity contribution in [3.8, 4) is 0 Å². The van der Waals surface area contributed by atoms with E-state index in [4.69, 9.17) is 5.73 Å². The SMILES string of the molecule is C=CC/C=C\c1cccc(N)n1. The molecule has 2 nitrogen and oxygen atoms in total. The predicted octanol–water partition coefficient (Wildman–Crippen LogP) is 2.25. The van der Waals surface area contributed by atoms with Crippen LogP contribution in [-0.2, 0) is 0 Å². The molecule has 2 N–H and O–H groups in total. The Kier molecular flexibility index (Phi) is 3.08. The van der Waals surface area contributed by atoms with Gasteiger partial charge in [-0.3, -0.25) is 0 Å². The largest absolute Gasteiger partial charge is 0.384 e. The summed E-state index contributed by atoms with van der Waals surface area (Å²) < 4.78 is 0. The summed E-state index contributed by atoms with van der Waals surface area (Å²) in [6.07, 6.45) is 6.62. The monoisotopic (exact) mass is 160 g/mol. The normalized spacial score (nSPS) is 10.3. The molecule has 0 amide bonds. The third-order valence-corrected chi connectivity index (χ3v) is 1.38. The molecule has 0 radical (unpaired) electrons. The molecular formula is C10H12N2. The molecule has 0 aliphatic heterocycles. The quantitative estimate of drug-likeness (QED) is 0.689. The maximum Gasteiger partial charge on any atom is 0.124 e. The van der Waals surface area contributed by atoms with Crippen LogP contribution in [-0.4, -0.2) is 4.98 Å². The number of allylic oxidation sites excluding steroid dienone is 2. The summed E-state index contributed by atoms with van der Waals surface area (Å²) in [4.78, 5) is 4.10. The molecular weight excluding hydrogens is 148 g/mol. The van der Waals surface area contributed by atoms with Crippen LogP contribution in [0, 0.1) is 0 Å². The highest BCUT2D eigenvalue weighted by atomic mass is 14.8. The van der Waals surface area contributed by atoms with Crippen LogP contribution in [0.3, 0.4) is 0 Å². The van der Waals surface area contributed by atoms with Crippen LogP contribution < -0.4 is 5.73 Å². The molecule has 0 atom stereocenters. The first-order valence-electron chi connectivity index (χ1n) is 3.83. The molecule has 0 aliphatic carbocycles. The molecule has 1 rings (SSSR count). The van der Waals surface area contributed by atoms with Gasteiger partial charge in [0.05, 0.1) is 5.69 Å². The second kappa shape index (κ2) is 4.34. The van der Waals surface area contributed by atoms with Crippen LogP contribution in [0.25, 0.3) is 6.08 Å². The number of hydrogen-bond acceptors (Lipinski definition) is 2. The van der Waals surface area contributed by atoms with Gasteiger partial charge in [-0.25, -0.2) is 4.98 Å². The average molecular weight is 160 g/mol. The Bertz CT molecular complexity index is 290. The first-order valence-corrected chi connectivity index (χ1v) is 3.83. The molecule has 0 unspecified atom stereocenters. The van der Waals surface area contributed by atoms with Gasteiger partial charge in [-0.1, -0.05) is 18.2 Å². The van der Waals surface area contributed by atoms with Gasteiger partial charge in [0.15, 0.2) is 0 Å². The van der Waals surface area contributed by atoms with Crippen LogP contribution in [0.2, 0.25) is 0 Å². The Morgan fingerprint density at radius 1 is 1.50 bits per heavy atom. The standard InChI is InChI=1S/C10H12N2/c1-2-3-4-6-9-7-5-8-10(11)12-9/h2,4-8H,1,3H2,(H2,11,12)/b6-4-. The number of pyridine rings is 1. The summed E-state index contributed by atoms with van der Waals surface area (Å²) in [6.45, 7) is 3.61. The Labute approximate surface area is 72.4 Å². The molecule has 0 fully saturated rings. The number of anilines is 1. The summed E-state index contributed by atoms with van der Waals surface area (Å²) in [5.74, 6) is 0.552. The first-order chi connectivity index (χ1) is 5.83. The summed E-state index contributed by atoms with van der Waals surface area (Å²) in [5, 5.41) is 0. The number of nitrogen functional groups attached to an aromatic ring is 1. The van der Waals surface area contributed by atoms with E-state index in [1.54, 1.807) is 6.07 Å². The van der Waals surface area contributed by atoms with Crippen molar-refractivity contribution in [3.63, 3.8) is 0 Å². The first kappa shape index (κ1) is 8.53. The van der Waals surface area contributed by atoms with Crippen LogP contribution in [0.1, 0.15) is 12.1 Å². The summed E-state index contributed by atoms with van der Waals surface area (Å²) >= 11 is 0. The van der Waals surface area contributed by atoms with E-state index in [2.05, 4.69) is 11.6 Å². The van der Waals surface area contributed by atoms with Crippen molar-refractivity contribution in [2.45, 2.75) is 6.42 Å². The minimum Gasteiger partial charge on any atom is -0.384 e. The van der Waals surface area contributed by atoms with E-state index >= 15 is 0 Å². The molecule has 0 saturated carbocycles. The fraction of sp³-hybridized carbons (Fsp3) is 0.100. The topological polar surface area (TPSA) is 38.9 Å². The fourth-order valence-corrected chi connectivity index (χ4v) is 0.847. The molecule has 2 heteroatoms. The van der Waals surface area contributed by atoms with Gasteiger partial charge in [0.25, 0.3) is 0 Å². The van der Waals surface area contributed by atoms with Gasteiger partial charge in [-0.2, -0.15) is 0 Å². The van der Waals surface area contributed by atoms with E-state index in [0.29, 0.717) is 5.82 Å². The van der Waals surface area contributed by atoms with Gasteiger partial charge in [0, 0.05) is 0 Å². The Morgan fingerprint density at radius 2 is 2.33 bits per heavy atom. The zero-order chi connectivity index (χ0) is 8.81. The van der Waals surface area contributed by atoms with Gasteiger partial charge >= 0.3 is 0 Å². The van der Waals surface area contributed by atoms with E-state index in [-0.39, 0.29) is 0 Å². The molecule has 0 bridgehead atoms. The summed E-state index contributed by atoms with van der Waals surface area (Å²) in [6, 6.07) is 5.57. The van der Waals surface area contributed by atoms with E-state index in [0.717, 1.165) is 12.1 Å².